The summed E-state index contributed by atoms with van der Waals surface area (Å²) in [5.74, 6) is 0.913. The van der Waals surface area contributed by atoms with Crippen LogP contribution in [0.3, 0.4) is 0 Å². The first-order chi connectivity index (χ1) is 9.11. The van der Waals surface area contributed by atoms with Crippen molar-refractivity contribution in [2.75, 3.05) is 6.61 Å². The fourth-order valence-corrected chi connectivity index (χ4v) is 2.98. The fraction of sp³-hybridized carbons (Fsp3) is 0.375. The third kappa shape index (κ3) is 3.37. The van der Waals surface area contributed by atoms with Gasteiger partial charge < -0.3 is 10.5 Å². The van der Waals surface area contributed by atoms with E-state index in [1.54, 1.807) is 11.3 Å². The molecule has 1 atom stereocenters. The first-order valence-electron chi connectivity index (χ1n) is 6.67. The smallest absolute Gasteiger partial charge is 0.119 e. The van der Waals surface area contributed by atoms with Crippen molar-refractivity contribution < 1.29 is 4.74 Å². The van der Waals surface area contributed by atoms with Crippen LogP contribution < -0.4 is 10.5 Å². The van der Waals surface area contributed by atoms with E-state index in [-0.39, 0.29) is 6.04 Å². The van der Waals surface area contributed by atoms with Gasteiger partial charge >= 0.3 is 0 Å². The monoisotopic (exact) mass is 275 g/mol. The number of benzene rings is 1. The molecule has 0 saturated carbocycles. The molecular weight excluding hydrogens is 254 g/mol. The number of hydrogen-bond acceptors (Lipinski definition) is 3. The highest BCUT2D eigenvalue weighted by Crippen LogP contribution is 2.29. The van der Waals surface area contributed by atoms with Crippen LogP contribution in [0.1, 0.15) is 40.3 Å². The lowest BCUT2D eigenvalue weighted by Crippen LogP contribution is -2.10. The van der Waals surface area contributed by atoms with Crippen LogP contribution >= 0.6 is 11.3 Å². The van der Waals surface area contributed by atoms with Crippen LogP contribution in [-0.2, 0) is 0 Å². The molecule has 3 heteroatoms. The Balaban J connectivity index is 2.13. The van der Waals surface area contributed by atoms with Gasteiger partial charge in [-0.25, -0.2) is 0 Å². The second-order valence-corrected chi connectivity index (χ2v) is 6.07. The van der Waals surface area contributed by atoms with E-state index >= 15 is 0 Å². The molecular formula is C16H21NOS. The quantitative estimate of drug-likeness (QED) is 0.887. The van der Waals surface area contributed by atoms with E-state index in [4.69, 9.17) is 10.5 Å². The van der Waals surface area contributed by atoms with Gasteiger partial charge in [0, 0.05) is 9.75 Å². The summed E-state index contributed by atoms with van der Waals surface area (Å²) in [5.41, 5.74) is 8.77. The summed E-state index contributed by atoms with van der Waals surface area (Å²) >= 11 is 1.78. The summed E-state index contributed by atoms with van der Waals surface area (Å²) < 4.78 is 5.58. The summed E-state index contributed by atoms with van der Waals surface area (Å²) in [6.45, 7) is 7.13. The minimum absolute atomic E-state index is 0.0439. The number of ether oxygens (including phenoxy) is 1. The molecule has 19 heavy (non-hydrogen) atoms. The second kappa shape index (κ2) is 6.22. The Labute approximate surface area is 119 Å². The van der Waals surface area contributed by atoms with Crippen molar-refractivity contribution in [3.8, 4) is 5.75 Å². The zero-order valence-corrected chi connectivity index (χ0v) is 12.6. The van der Waals surface area contributed by atoms with Crippen LogP contribution in [0.5, 0.6) is 5.75 Å². The Morgan fingerprint density at radius 1 is 1.21 bits per heavy atom. The predicted octanol–water partition coefficient (Wildman–Crippen LogP) is 4.20. The molecule has 0 spiro atoms. The van der Waals surface area contributed by atoms with Crippen molar-refractivity contribution in [2.45, 2.75) is 33.2 Å². The first-order valence-corrected chi connectivity index (χ1v) is 7.48. The summed E-state index contributed by atoms with van der Waals surface area (Å²) in [6, 6.07) is 10.3. The van der Waals surface area contributed by atoms with Crippen LogP contribution in [0.4, 0.5) is 0 Å². The standard InChI is InChI=1S/C16H21NOS/c1-4-9-18-14-7-5-13(6-8-14)16(17)15-10-11(2)12(3)19-15/h5-8,10,16H,4,9,17H2,1-3H3. The summed E-state index contributed by atoms with van der Waals surface area (Å²) in [6.07, 6.45) is 1.02. The number of aryl methyl sites for hydroxylation is 2. The van der Waals surface area contributed by atoms with Crippen LogP contribution in [0, 0.1) is 13.8 Å². The largest absolute Gasteiger partial charge is 0.494 e. The topological polar surface area (TPSA) is 35.2 Å². The SMILES string of the molecule is CCCOc1ccc(C(N)c2cc(C)c(C)s2)cc1. The molecule has 2 N–H and O–H groups in total. The van der Waals surface area contributed by atoms with E-state index < -0.39 is 0 Å². The Morgan fingerprint density at radius 3 is 2.42 bits per heavy atom. The average molecular weight is 275 g/mol. The molecule has 2 aromatic rings. The summed E-state index contributed by atoms with van der Waals surface area (Å²) in [4.78, 5) is 2.56. The molecule has 0 aliphatic carbocycles. The molecule has 1 aromatic heterocycles. The second-order valence-electron chi connectivity index (χ2n) is 4.78. The zero-order valence-electron chi connectivity index (χ0n) is 11.8. The molecule has 0 fully saturated rings. The third-order valence-electron chi connectivity index (χ3n) is 3.20. The number of thiophene rings is 1. The Bertz CT molecular complexity index is 511. The van der Waals surface area contributed by atoms with Crippen molar-refractivity contribution in [1.29, 1.82) is 0 Å². The summed E-state index contributed by atoms with van der Waals surface area (Å²) in [5, 5.41) is 0. The Morgan fingerprint density at radius 2 is 1.89 bits per heavy atom. The maximum atomic E-state index is 6.32. The van der Waals surface area contributed by atoms with Gasteiger partial charge in [-0.05, 0) is 49.6 Å². The normalized spacial score (nSPS) is 12.4. The average Bonchev–Trinajstić information content (AvgIpc) is 2.76. The van der Waals surface area contributed by atoms with Gasteiger partial charge in [-0.1, -0.05) is 19.1 Å². The van der Waals surface area contributed by atoms with E-state index in [1.807, 2.05) is 12.1 Å². The van der Waals surface area contributed by atoms with Crippen molar-refractivity contribution in [3.63, 3.8) is 0 Å². The van der Waals surface area contributed by atoms with E-state index in [0.717, 1.165) is 24.3 Å². The molecule has 0 aliphatic heterocycles. The lowest BCUT2D eigenvalue weighted by Gasteiger charge is -2.11. The number of hydrogen-bond donors (Lipinski definition) is 1. The third-order valence-corrected chi connectivity index (χ3v) is 4.44. The van der Waals surface area contributed by atoms with E-state index in [1.165, 1.54) is 15.3 Å². The van der Waals surface area contributed by atoms with E-state index in [2.05, 4.69) is 39.0 Å². The molecule has 1 aromatic carbocycles. The van der Waals surface area contributed by atoms with Crippen LogP contribution in [-0.4, -0.2) is 6.61 Å². The maximum absolute atomic E-state index is 6.32. The molecule has 0 saturated heterocycles. The number of nitrogens with two attached hydrogens (primary N) is 1. The van der Waals surface area contributed by atoms with Gasteiger partial charge in [-0.3, -0.25) is 0 Å². The molecule has 1 heterocycles. The van der Waals surface area contributed by atoms with Gasteiger partial charge in [-0.15, -0.1) is 11.3 Å². The van der Waals surface area contributed by atoms with Crippen LogP contribution in [0.25, 0.3) is 0 Å². The molecule has 0 bridgehead atoms. The van der Waals surface area contributed by atoms with E-state index in [0.29, 0.717) is 0 Å². The fourth-order valence-electron chi connectivity index (χ4n) is 1.91. The zero-order chi connectivity index (χ0) is 13.8. The maximum Gasteiger partial charge on any atom is 0.119 e. The minimum atomic E-state index is -0.0439. The van der Waals surface area contributed by atoms with Gasteiger partial charge in [0.05, 0.1) is 12.6 Å². The van der Waals surface area contributed by atoms with Crippen molar-refractivity contribution in [3.05, 3.63) is 51.2 Å². The molecule has 0 radical (unpaired) electrons. The highest BCUT2D eigenvalue weighted by molar-refractivity contribution is 7.12. The molecule has 0 aliphatic rings. The minimum Gasteiger partial charge on any atom is -0.494 e. The van der Waals surface area contributed by atoms with Crippen molar-refractivity contribution >= 4 is 11.3 Å². The molecule has 2 nitrogen and oxygen atoms in total. The van der Waals surface area contributed by atoms with Crippen molar-refractivity contribution in [2.24, 2.45) is 5.73 Å². The van der Waals surface area contributed by atoms with E-state index in [9.17, 15) is 0 Å². The lowest BCUT2D eigenvalue weighted by molar-refractivity contribution is 0.317. The van der Waals surface area contributed by atoms with Crippen LogP contribution in [0.15, 0.2) is 30.3 Å². The molecule has 0 amide bonds. The highest BCUT2D eigenvalue weighted by atomic mass is 32.1. The first kappa shape index (κ1) is 14.1. The predicted molar refractivity (Wildman–Crippen MR) is 82.1 cm³/mol. The number of rotatable bonds is 5. The van der Waals surface area contributed by atoms with Gasteiger partial charge in [0.2, 0.25) is 0 Å². The highest BCUT2D eigenvalue weighted by Gasteiger charge is 2.12. The van der Waals surface area contributed by atoms with Gasteiger partial charge in [0.25, 0.3) is 0 Å². The van der Waals surface area contributed by atoms with Crippen LogP contribution in [0.2, 0.25) is 0 Å². The molecule has 1 unspecified atom stereocenters. The molecule has 2 rings (SSSR count). The Kier molecular flexibility index (Phi) is 4.61. The molecule has 102 valence electrons. The van der Waals surface area contributed by atoms with Gasteiger partial charge in [0.1, 0.15) is 5.75 Å². The van der Waals surface area contributed by atoms with Gasteiger partial charge in [0.15, 0.2) is 0 Å². The summed E-state index contributed by atoms with van der Waals surface area (Å²) in [7, 11) is 0. The van der Waals surface area contributed by atoms with Gasteiger partial charge in [-0.2, -0.15) is 0 Å². The lowest BCUT2D eigenvalue weighted by atomic mass is 10.1. The Hall–Kier alpha value is -1.32. The van der Waals surface area contributed by atoms with Crippen molar-refractivity contribution in [1.82, 2.24) is 0 Å².